The van der Waals surface area contributed by atoms with Gasteiger partial charge in [-0.05, 0) is 31.5 Å². The van der Waals surface area contributed by atoms with Gasteiger partial charge in [-0.25, -0.2) is 4.68 Å². The molecule has 94 valence electrons. The van der Waals surface area contributed by atoms with Gasteiger partial charge in [-0.3, -0.25) is 5.32 Å². The lowest BCUT2D eigenvalue weighted by Crippen LogP contribution is -2.27. The van der Waals surface area contributed by atoms with Crippen LogP contribution in [-0.4, -0.2) is 22.6 Å². The fraction of sp³-hybridized carbons (Fsp3) is 0.308. The van der Waals surface area contributed by atoms with E-state index in [2.05, 4.69) is 10.4 Å². The summed E-state index contributed by atoms with van der Waals surface area (Å²) >= 11 is 6.12. The topological polar surface area (TPSA) is 39.1 Å². The standard InChI is InChI=1S/C13H14ClN3O/c14-11-4-1-2-5-12(11)17-9-10(8-16-17)18-13-6-3-7-15-13/h1-2,4-5,8-9,13,15H,3,6-7H2. The molecular formula is C13H14ClN3O. The summed E-state index contributed by atoms with van der Waals surface area (Å²) in [4.78, 5) is 0. The largest absolute Gasteiger partial charge is 0.472 e. The Morgan fingerprint density at radius 3 is 3.06 bits per heavy atom. The smallest absolute Gasteiger partial charge is 0.160 e. The summed E-state index contributed by atoms with van der Waals surface area (Å²) < 4.78 is 7.51. The van der Waals surface area contributed by atoms with Crippen LogP contribution in [0, 0.1) is 0 Å². The first kappa shape index (κ1) is 11.6. The van der Waals surface area contributed by atoms with Crippen LogP contribution in [0.5, 0.6) is 5.75 Å². The maximum atomic E-state index is 6.12. The molecule has 3 rings (SSSR count). The van der Waals surface area contributed by atoms with Crippen molar-refractivity contribution in [1.82, 2.24) is 15.1 Å². The Bertz CT molecular complexity index is 535. The molecule has 1 aliphatic heterocycles. The molecule has 0 bridgehead atoms. The van der Waals surface area contributed by atoms with Crippen molar-refractivity contribution >= 4 is 11.6 Å². The minimum Gasteiger partial charge on any atom is -0.472 e. The number of ether oxygens (including phenoxy) is 1. The van der Waals surface area contributed by atoms with E-state index in [0.717, 1.165) is 30.8 Å². The summed E-state index contributed by atoms with van der Waals surface area (Å²) in [5.41, 5.74) is 0.855. The normalized spacial score (nSPS) is 19.1. The van der Waals surface area contributed by atoms with Gasteiger partial charge in [0.1, 0.15) is 6.23 Å². The van der Waals surface area contributed by atoms with Gasteiger partial charge in [0.15, 0.2) is 5.75 Å². The third-order valence-electron chi connectivity index (χ3n) is 2.95. The van der Waals surface area contributed by atoms with E-state index in [1.807, 2.05) is 30.5 Å². The zero-order valence-electron chi connectivity index (χ0n) is 9.84. The van der Waals surface area contributed by atoms with Crippen molar-refractivity contribution in [2.45, 2.75) is 19.1 Å². The highest BCUT2D eigenvalue weighted by Gasteiger charge is 2.16. The van der Waals surface area contributed by atoms with Crippen LogP contribution in [0.4, 0.5) is 0 Å². The second kappa shape index (κ2) is 5.00. The molecule has 0 aliphatic carbocycles. The molecule has 1 aromatic carbocycles. The average molecular weight is 264 g/mol. The first-order valence-electron chi connectivity index (χ1n) is 6.02. The molecule has 0 amide bonds. The van der Waals surface area contributed by atoms with Crippen molar-refractivity contribution in [3.63, 3.8) is 0 Å². The fourth-order valence-electron chi connectivity index (χ4n) is 2.05. The molecule has 1 N–H and O–H groups in total. The second-order valence-electron chi connectivity index (χ2n) is 4.27. The van der Waals surface area contributed by atoms with Crippen LogP contribution in [0.3, 0.4) is 0 Å². The number of nitrogens with zero attached hydrogens (tertiary/aromatic N) is 2. The molecule has 1 unspecified atom stereocenters. The van der Waals surface area contributed by atoms with E-state index in [1.54, 1.807) is 10.9 Å². The van der Waals surface area contributed by atoms with Gasteiger partial charge in [0, 0.05) is 0 Å². The fourth-order valence-corrected chi connectivity index (χ4v) is 2.28. The van der Waals surface area contributed by atoms with Crippen molar-refractivity contribution in [2.75, 3.05) is 6.54 Å². The van der Waals surface area contributed by atoms with Crippen LogP contribution >= 0.6 is 11.6 Å². The van der Waals surface area contributed by atoms with Crippen LogP contribution in [0.2, 0.25) is 5.02 Å². The molecule has 1 atom stereocenters. The average Bonchev–Trinajstić information content (AvgIpc) is 3.02. The summed E-state index contributed by atoms with van der Waals surface area (Å²) in [7, 11) is 0. The maximum absolute atomic E-state index is 6.12. The third-order valence-corrected chi connectivity index (χ3v) is 3.27. The Morgan fingerprint density at radius 1 is 1.39 bits per heavy atom. The molecule has 0 saturated carbocycles. The Kier molecular flexibility index (Phi) is 3.21. The van der Waals surface area contributed by atoms with Crippen molar-refractivity contribution in [3.8, 4) is 11.4 Å². The number of nitrogens with one attached hydrogen (secondary N) is 1. The lowest BCUT2D eigenvalue weighted by molar-refractivity contribution is 0.187. The highest BCUT2D eigenvalue weighted by atomic mass is 35.5. The number of para-hydroxylation sites is 1. The molecule has 1 saturated heterocycles. The molecule has 1 aliphatic rings. The van der Waals surface area contributed by atoms with Gasteiger partial charge in [-0.1, -0.05) is 23.7 Å². The van der Waals surface area contributed by atoms with E-state index in [9.17, 15) is 0 Å². The monoisotopic (exact) mass is 263 g/mol. The number of hydrogen-bond donors (Lipinski definition) is 1. The molecule has 2 aromatic rings. The number of aromatic nitrogens is 2. The molecular weight excluding hydrogens is 250 g/mol. The van der Waals surface area contributed by atoms with E-state index in [4.69, 9.17) is 16.3 Å². The van der Waals surface area contributed by atoms with Crippen LogP contribution < -0.4 is 10.1 Å². The quantitative estimate of drug-likeness (QED) is 0.925. The first-order valence-corrected chi connectivity index (χ1v) is 6.40. The van der Waals surface area contributed by atoms with Crippen LogP contribution in [0.15, 0.2) is 36.7 Å². The Labute approximate surface area is 111 Å². The molecule has 0 radical (unpaired) electrons. The first-order chi connectivity index (χ1) is 8.83. The summed E-state index contributed by atoms with van der Waals surface area (Å²) in [6, 6.07) is 7.60. The molecule has 1 fully saturated rings. The van der Waals surface area contributed by atoms with Gasteiger partial charge < -0.3 is 4.74 Å². The highest BCUT2D eigenvalue weighted by Crippen LogP contribution is 2.22. The highest BCUT2D eigenvalue weighted by molar-refractivity contribution is 6.32. The molecule has 5 heteroatoms. The predicted octanol–water partition coefficient (Wildman–Crippen LogP) is 2.61. The van der Waals surface area contributed by atoms with Gasteiger partial charge in [0.25, 0.3) is 0 Å². The molecule has 1 aromatic heterocycles. The second-order valence-corrected chi connectivity index (χ2v) is 4.68. The van der Waals surface area contributed by atoms with Crippen molar-refractivity contribution in [2.24, 2.45) is 0 Å². The van der Waals surface area contributed by atoms with Crippen LogP contribution in [-0.2, 0) is 0 Å². The minimum absolute atomic E-state index is 0.105. The molecule has 18 heavy (non-hydrogen) atoms. The van der Waals surface area contributed by atoms with E-state index in [0.29, 0.717) is 5.02 Å². The summed E-state index contributed by atoms with van der Waals surface area (Å²) in [6.45, 7) is 1.02. The van der Waals surface area contributed by atoms with E-state index >= 15 is 0 Å². The summed E-state index contributed by atoms with van der Waals surface area (Å²) in [6.07, 6.45) is 5.86. The van der Waals surface area contributed by atoms with E-state index in [1.165, 1.54) is 0 Å². The van der Waals surface area contributed by atoms with Crippen LogP contribution in [0.25, 0.3) is 5.69 Å². The number of halogens is 1. The summed E-state index contributed by atoms with van der Waals surface area (Å²) in [5.74, 6) is 0.759. The number of benzene rings is 1. The number of hydrogen-bond acceptors (Lipinski definition) is 3. The van der Waals surface area contributed by atoms with Crippen molar-refractivity contribution in [3.05, 3.63) is 41.7 Å². The Balaban J connectivity index is 1.79. The SMILES string of the molecule is Clc1ccccc1-n1cc(OC2CCCN2)cn1. The maximum Gasteiger partial charge on any atom is 0.160 e. The van der Waals surface area contributed by atoms with Gasteiger partial charge >= 0.3 is 0 Å². The predicted molar refractivity (Wildman–Crippen MR) is 70.2 cm³/mol. The lowest BCUT2D eigenvalue weighted by atomic mass is 10.3. The third kappa shape index (κ3) is 2.35. The van der Waals surface area contributed by atoms with Crippen LogP contribution in [0.1, 0.15) is 12.8 Å². The molecule has 0 spiro atoms. The van der Waals surface area contributed by atoms with Gasteiger partial charge in [-0.15, -0.1) is 0 Å². The minimum atomic E-state index is 0.105. The Hall–Kier alpha value is -1.52. The van der Waals surface area contributed by atoms with Gasteiger partial charge in [-0.2, -0.15) is 5.10 Å². The van der Waals surface area contributed by atoms with E-state index in [-0.39, 0.29) is 6.23 Å². The summed E-state index contributed by atoms with van der Waals surface area (Å²) in [5, 5.41) is 8.22. The zero-order chi connectivity index (χ0) is 12.4. The van der Waals surface area contributed by atoms with E-state index < -0.39 is 0 Å². The Morgan fingerprint density at radius 2 is 2.28 bits per heavy atom. The van der Waals surface area contributed by atoms with Gasteiger partial charge in [0.2, 0.25) is 0 Å². The van der Waals surface area contributed by atoms with Crippen molar-refractivity contribution < 1.29 is 4.74 Å². The van der Waals surface area contributed by atoms with Gasteiger partial charge in [0.05, 0.1) is 23.1 Å². The number of rotatable bonds is 3. The molecule has 4 nitrogen and oxygen atoms in total. The molecule has 2 heterocycles. The lowest BCUT2D eigenvalue weighted by Gasteiger charge is -2.10. The van der Waals surface area contributed by atoms with Crippen molar-refractivity contribution in [1.29, 1.82) is 0 Å². The zero-order valence-corrected chi connectivity index (χ0v) is 10.6.